The number of amides is 2. The van der Waals surface area contributed by atoms with E-state index in [4.69, 9.17) is 4.74 Å². The van der Waals surface area contributed by atoms with Gasteiger partial charge in [-0.05, 0) is 75.6 Å². The van der Waals surface area contributed by atoms with Gasteiger partial charge in [-0.3, -0.25) is 9.78 Å². The van der Waals surface area contributed by atoms with Crippen LogP contribution in [0.5, 0.6) is 5.88 Å². The molecule has 190 valence electrons. The number of pyridine rings is 2. The van der Waals surface area contributed by atoms with Gasteiger partial charge in [-0.1, -0.05) is 12.1 Å². The summed E-state index contributed by atoms with van der Waals surface area (Å²) in [6.45, 7) is 3.77. The molecule has 2 atom stereocenters. The van der Waals surface area contributed by atoms with Gasteiger partial charge in [-0.25, -0.2) is 4.79 Å². The Hall–Kier alpha value is -3.20. The molecule has 36 heavy (non-hydrogen) atoms. The molecular formula is C27H34N6O3. The second-order valence-electron chi connectivity index (χ2n) is 11.3. The first-order valence-electron chi connectivity index (χ1n) is 13.0. The zero-order valence-corrected chi connectivity index (χ0v) is 20.8. The molecule has 0 radical (unpaired) electrons. The van der Waals surface area contributed by atoms with E-state index in [0.717, 1.165) is 70.5 Å². The molecule has 2 aromatic rings. The van der Waals surface area contributed by atoms with Crippen LogP contribution in [-0.2, 0) is 0 Å². The third-order valence-electron chi connectivity index (χ3n) is 8.44. The first kappa shape index (κ1) is 23.2. The van der Waals surface area contributed by atoms with Gasteiger partial charge in [0.15, 0.2) is 0 Å². The van der Waals surface area contributed by atoms with Gasteiger partial charge < -0.3 is 25.2 Å². The molecule has 0 spiro atoms. The van der Waals surface area contributed by atoms with Crippen LogP contribution in [0.3, 0.4) is 0 Å². The minimum atomic E-state index is -0.466. The maximum atomic E-state index is 13.1. The largest absolute Gasteiger partial charge is 0.414 e. The Balaban J connectivity index is 1.13. The number of rotatable bonds is 5. The summed E-state index contributed by atoms with van der Waals surface area (Å²) in [6.07, 6.45) is 6.81. The van der Waals surface area contributed by atoms with E-state index in [1.807, 2.05) is 24.3 Å². The number of anilines is 1. The van der Waals surface area contributed by atoms with Gasteiger partial charge in [-0.15, -0.1) is 0 Å². The number of nitrogens with one attached hydrogen (secondary N) is 2. The van der Waals surface area contributed by atoms with Gasteiger partial charge in [0.2, 0.25) is 5.88 Å². The lowest BCUT2D eigenvalue weighted by Gasteiger charge is -2.61. The summed E-state index contributed by atoms with van der Waals surface area (Å²) >= 11 is 0. The molecule has 2 aromatic heterocycles. The third-order valence-corrected chi connectivity index (χ3v) is 8.44. The number of aromatic nitrogens is 2. The van der Waals surface area contributed by atoms with Gasteiger partial charge in [0, 0.05) is 49.5 Å². The summed E-state index contributed by atoms with van der Waals surface area (Å²) in [6, 6.07) is 11.0. The Bertz CT molecular complexity index is 1120. The number of piperazine rings is 1. The van der Waals surface area contributed by atoms with Gasteiger partial charge in [0.1, 0.15) is 11.5 Å². The highest BCUT2D eigenvalue weighted by atomic mass is 16.6. The molecule has 9 heteroatoms. The van der Waals surface area contributed by atoms with Crippen LogP contribution in [0.15, 0.2) is 42.6 Å². The van der Waals surface area contributed by atoms with Crippen LogP contribution in [0.1, 0.15) is 49.0 Å². The van der Waals surface area contributed by atoms with Crippen molar-refractivity contribution >= 4 is 17.8 Å². The summed E-state index contributed by atoms with van der Waals surface area (Å²) in [4.78, 5) is 39.4. The first-order chi connectivity index (χ1) is 17.4. The van der Waals surface area contributed by atoms with E-state index in [-0.39, 0.29) is 17.0 Å². The van der Waals surface area contributed by atoms with Crippen LogP contribution in [0.2, 0.25) is 0 Å². The maximum absolute atomic E-state index is 13.1. The van der Waals surface area contributed by atoms with E-state index < -0.39 is 6.09 Å². The highest BCUT2D eigenvalue weighted by Crippen LogP contribution is 2.57. The molecule has 2 amide bonds. The van der Waals surface area contributed by atoms with Gasteiger partial charge >= 0.3 is 6.09 Å². The number of likely N-dealkylation sites (N-methyl/N-ethyl adjacent to an activating group) is 1. The summed E-state index contributed by atoms with van der Waals surface area (Å²) in [7, 11) is 2.12. The Labute approximate surface area is 211 Å². The van der Waals surface area contributed by atoms with E-state index >= 15 is 0 Å². The molecule has 1 saturated heterocycles. The van der Waals surface area contributed by atoms with Gasteiger partial charge in [-0.2, -0.15) is 4.98 Å². The summed E-state index contributed by atoms with van der Waals surface area (Å²) in [5.41, 5.74) is -0.250. The van der Waals surface area contributed by atoms with E-state index in [0.29, 0.717) is 23.4 Å². The fraction of sp³-hybridized carbons (Fsp3) is 0.556. The first-order valence-corrected chi connectivity index (χ1v) is 13.0. The average Bonchev–Trinajstić information content (AvgIpc) is 2.83. The SMILES string of the molecule is CN1CCN(c2cccc(OC(=O)NC34CC5CC(C3)CC(NC(=O)c3ccccn3)(C5)C4)n2)CC1. The topological polar surface area (TPSA) is 99.7 Å². The number of carbonyl (C=O) groups excluding carboxylic acids is 2. The van der Waals surface area contributed by atoms with E-state index in [1.54, 1.807) is 18.3 Å². The van der Waals surface area contributed by atoms with Crippen LogP contribution in [-0.4, -0.2) is 71.2 Å². The second kappa shape index (κ2) is 9.03. The maximum Gasteiger partial charge on any atom is 0.414 e. The van der Waals surface area contributed by atoms with Crippen molar-refractivity contribution in [3.05, 3.63) is 48.3 Å². The number of hydrogen-bond donors (Lipinski definition) is 2. The zero-order valence-electron chi connectivity index (χ0n) is 20.8. The molecule has 2 unspecified atom stereocenters. The molecule has 4 bridgehead atoms. The van der Waals surface area contributed by atoms with Crippen molar-refractivity contribution in [3.63, 3.8) is 0 Å². The van der Waals surface area contributed by atoms with Crippen molar-refractivity contribution in [2.75, 3.05) is 38.1 Å². The monoisotopic (exact) mass is 490 g/mol. The van der Waals surface area contributed by atoms with E-state index in [1.165, 1.54) is 0 Å². The standard InChI is InChI=1S/C27H34N6O3/c1-32-9-11-33(12-10-32)22-6-4-7-23(29-22)36-25(35)31-27-16-19-13-20(17-27)15-26(14-19,18-27)30-24(34)21-5-2-3-8-28-21/h2-8,19-20H,9-18H2,1H3,(H,30,34)(H,31,35). The predicted octanol–water partition coefficient (Wildman–Crippen LogP) is 2.84. The normalized spacial score (nSPS) is 31.2. The molecule has 5 fully saturated rings. The lowest BCUT2D eigenvalue weighted by molar-refractivity contribution is -0.0450. The Kier molecular flexibility index (Phi) is 5.82. The van der Waals surface area contributed by atoms with Gasteiger partial charge in [0.25, 0.3) is 5.91 Å². The Morgan fingerprint density at radius 2 is 1.67 bits per heavy atom. The molecule has 9 nitrogen and oxygen atoms in total. The molecule has 1 aliphatic heterocycles. The van der Waals surface area contributed by atoms with Crippen molar-refractivity contribution in [1.29, 1.82) is 0 Å². The Morgan fingerprint density at radius 3 is 2.36 bits per heavy atom. The molecule has 4 saturated carbocycles. The molecule has 4 aliphatic carbocycles. The highest BCUT2D eigenvalue weighted by molar-refractivity contribution is 5.92. The summed E-state index contributed by atoms with van der Waals surface area (Å²) < 4.78 is 5.69. The van der Waals surface area contributed by atoms with Crippen LogP contribution in [0.25, 0.3) is 0 Å². The zero-order chi connectivity index (χ0) is 24.8. The lowest BCUT2D eigenvalue weighted by Crippen LogP contribution is -2.70. The summed E-state index contributed by atoms with van der Waals surface area (Å²) in [5.74, 6) is 1.97. The molecular weight excluding hydrogens is 456 g/mol. The highest BCUT2D eigenvalue weighted by Gasteiger charge is 2.59. The number of hydrogen-bond acceptors (Lipinski definition) is 7. The van der Waals surface area contributed by atoms with Crippen molar-refractivity contribution in [2.24, 2.45) is 11.8 Å². The predicted molar refractivity (Wildman–Crippen MR) is 135 cm³/mol. The minimum Gasteiger partial charge on any atom is -0.391 e. The number of nitrogens with zero attached hydrogens (tertiary/aromatic N) is 4. The van der Waals surface area contributed by atoms with Crippen LogP contribution >= 0.6 is 0 Å². The smallest absolute Gasteiger partial charge is 0.391 e. The van der Waals surface area contributed by atoms with E-state index in [9.17, 15) is 9.59 Å². The molecule has 5 aliphatic rings. The van der Waals surface area contributed by atoms with Crippen molar-refractivity contribution in [2.45, 2.75) is 49.6 Å². The van der Waals surface area contributed by atoms with E-state index in [2.05, 4.69) is 37.4 Å². The fourth-order valence-electron chi connectivity index (χ4n) is 7.37. The van der Waals surface area contributed by atoms with Crippen molar-refractivity contribution in [1.82, 2.24) is 25.5 Å². The lowest BCUT2D eigenvalue weighted by atomic mass is 9.50. The molecule has 3 heterocycles. The molecule has 7 rings (SSSR count). The third kappa shape index (κ3) is 4.64. The summed E-state index contributed by atoms with van der Waals surface area (Å²) in [5, 5.41) is 6.55. The van der Waals surface area contributed by atoms with Crippen LogP contribution in [0, 0.1) is 11.8 Å². The number of ether oxygens (including phenoxy) is 1. The van der Waals surface area contributed by atoms with Crippen molar-refractivity contribution in [3.8, 4) is 5.88 Å². The number of carbonyl (C=O) groups is 2. The molecule has 0 aromatic carbocycles. The van der Waals surface area contributed by atoms with Crippen LogP contribution < -0.4 is 20.3 Å². The van der Waals surface area contributed by atoms with Crippen molar-refractivity contribution < 1.29 is 14.3 Å². The fourth-order valence-corrected chi connectivity index (χ4v) is 7.37. The Morgan fingerprint density at radius 1 is 0.944 bits per heavy atom. The van der Waals surface area contributed by atoms with Crippen LogP contribution in [0.4, 0.5) is 10.6 Å². The average molecular weight is 491 g/mol. The van der Waals surface area contributed by atoms with Gasteiger partial charge in [0.05, 0.1) is 0 Å². The second-order valence-corrected chi connectivity index (χ2v) is 11.3. The minimum absolute atomic E-state index is 0.139. The quantitative estimate of drug-likeness (QED) is 0.665. The molecule has 2 N–H and O–H groups in total.